The molecule has 2 rings (SSSR count). The molecular weight excluding hydrogens is 252 g/mol. The summed E-state index contributed by atoms with van der Waals surface area (Å²) in [5.41, 5.74) is 0.580. The maximum absolute atomic E-state index is 8.81. The Hall–Kier alpha value is -1.44. The summed E-state index contributed by atoms with van der Waals surface area (Å²) in [5, 5.41) is 12.1. The number of methoxy groups -OCH3 is 1. The molecule has 0 spiro atoms. The molecule has 98 valence electrons. The van der Waals surface area contributed by atoms with Gasteiger partial charge in [0.25, 0.3) is 0 Å². The third kappa shape index (κ3) is 3.52. The number of piperidine rings is 1. The second-order valence-electron chi connectivity index (χ2n) is 4.06. The fourth-order valence-electron chi connectivity index (χ4n) is 1.93. The van der Waals surface area contributed by atoms with Crippen molar-refractivity contribution in [3.63, 3.8) is 0 Å². The summed E-state index contributed by atoms with van der Waals surface area (Å²) in [7, 11) is 1.59. The summed E-state index contributed by atoms with van der Waals surface area (Å²) in [6.07, 6.45) is 2.37. The second-order valence-corrected chi connectivity index (χ2v) is 4.06. The van der Waals surface area contributed by atoms with E-state index in [4.69, 9.17) is 14.7 Å². The van der Waals surface area contributed by atoms with Crippen molar-refractivity contribution in [3.05, 3.63) is 23.8 Å². The summed E-state index contributed by atoms with van der Waals surface area (Å²) in [5.74, 6) is 1.33. The molecule has 1 unspecified atom stereocenters. The Morgan fingerprint density at radius 2 is 2.22 bits per heavy atom. The lowest BCUT2D eigenvalue weighted by molar-refractivity contribution is 0.161. The molecule has 1 aliphatic heterocycles. The number of nitrogens with zero attached hydrogens (tertiary/aromatic N) is 1. The Labute approximate surface area is 113 Å². The number of nitrogens with one attached hydrogen (secondary N) is 1. The lowest BCUT2D eigenvalue weighted by atomic mass is 10.1. The average molecular weight is 269 g/mol. The molecule has 18 heavy (non-hydrogen) atoms. The van der Waals surface area contributed by atoms with Gasteiger partial charge in [0.05, 0.1) is 18.7 Å². The van der Waals surface area contributed by atoms with Gasteiger partial charge in [-0.3, -0.25) is 0 Å². The highest BCUT2D eigenvalue weighted by Gasteiger charge is 2.16. The number of nitriles is 1. The van der Waals surface area contributed by atoms with Crippen molar-refractivity contribution in [3.8, 4) is 17.6 Å². The minimum atomic E-state index is 0. The van der Waals surface area contributed by atoms with E-state index >= 15 is 0 Å². The Kier molecular flexibility index (Phi) is 5.76. The van der Waals surface area contributed by atoms with E-state index in [0.29, 0.717) is 17.1 Å². The Morgan fingerprint density at radius 3 is 2.83 bits per heavy atom. The second kappa shape index (κ2) is 7.10. The van der Waals surface area contributed by atoms with E-state index in [1.54, 1.807) is 25.3 Å². The monoisotopic (exact) mass is 268 g/mol. The zero-order chi connectivity index (χ0) is 12.1. The molecule has 1 aromatic rings. The van der Waals surface area contributed by atoms with Gasteiger partial charge in [-0.2, -0.15) is 5.26 Å². The van der Waals surface area contributed by atoms with Gasteiger partial charge < -0.3 is 14.8 Å². The molecule has 0 bridgehead atoms. The van der Waals surface area contributed by atoms with Crippen LogP contribution in [-0.4, -0.2) is 26.3 Å². The Morgan fingerprint density at radius 1 is 1.39 bits per heavy atom. The topological polar surface area (TPSA) is 54.3 Å². The van der Waals surface area contributed by atoms with Crippen molar-refractivity contribution in [2.45, 2.75) is 18.9 Å². The first-order valence-corrected chi connectivity index (χ1v) is 5.79. The highest BCUT2D eigenvalue weighted by molar-refractivity contribution is 5.85. The van der Waals surface area contributed by atoms with Crippen molar-refractivity contribution in [2.75, 3.05) is 20.2 Å². The maximum Gasteiger partial charge on any atom is 0.162 e. The van der Waals surface area contributed by atoms with Crippen molar-refractivity contribution in [1.82, 2.24) is 5.32 Å². The van der Waals surface area contributed by atoms with Gasteiger partial charge in [-0.25, -0.2) is 0 Å². The zero-order valence-corrected chi connectivity index (χ0v) is 11.1. The van der Waals surface area contributed by atoms with Gasteiger partial charge in [-0.15, -0.1) is 12.4 Å². The van der Waals surface area contributed by atoms with E-state index in [9.17, 15) is 0 Å². The summed E-state index contributed by atoms with van der Waals surface area (Å²) in [6, 6.07) is 7.33. The van der Waals surface area contributed by atoms with Crippen LogP contribution in [0.5, 0.6) is 11.5 Å². The first-order valence-electron chi connectivity index (χ1n) is 5.79. The van der Waals surface area contributed by atoms with Crippen LogP contribution < -0.4 is 14.8 Å². The molecule has 0 aliphatic carbocycles. The van der Waals surface area contributed by atoms with Crippen molar-refractivity contribution < 1.29 is 9.47 Å². The van der Waals surface area contributed by atoms with E-state index in [1.165, 1.54) is 0 Å². The van der Waals surface area contributed by atoms with Gasteiger partial charge in [-0.05, 0) is 31.5 Å². The number of rotatable bonds is 3. The lowest BCUT2D eigenvalue weighted by Crippen LogP contribution is -2.37. The molecule has 1 aromatic carbocycles. The number of benzene rings is 1. The molecule has 1 saturated heterocycles. The molecule has 0 aromatic heterocycles. The van der Waals surface area contributed by atoms with Gasteiger partial charge in [0.2, 0.25) is 0 Å². The SMILES string of the molecule is COc1cc(C#N)ccc1OC1CCCNC1.Cl. The predicted molar refractivity (Wildman–Crippen MR) is 71.5 cm³/mol. The third-order valence-electron chi connectivity index (χ3n) is 2.84. The molecule has 5 heteroatoms. The summed E-state index contributed by atoms with van der Waals surface area (Å²) < 4.78 is 11.1. The molecule has 1 fully saturated rings. The summed E-state index contributed by atoms with van der Waals surface area (Å²) >= 11 is 0. The summed E-state index contributed by atoms with van der Waals surface area (Å²) in [6.45, 7) is 1.92. The number of hydrogen-bond acceptors (Lipinski definition) is 4. The van der Waals surface area contributed by atoms with Crippen molar-refractivity contribution in [2.24, 2.45) is 0 Å². The fourth-order valence-corrected chi connectivity index (χ4v) is 1.93. The van der Waals surface area contributed by atoms with Crippen LogP contribution >= 0.6 is 12.4 Å². The quantitative estimate of drug-likeness (QED) is 0.912. The molecule has 1 N–H and O–H groups in total. The lowest BCUT2D eigenvalue weighted by Gasteiger charge is -2.24. The fraction of sp³-hybridized carbons (Fsp3) is 0.462. The normalized spacial score (nSPS) is 18.3. The Balaban J connectivity index is 0.00000162. The zero-order valence-electron chi connectivity index (χ0n) is 10.3. The molecule has 4 nitrogen and oxygen atoms in total. The van der Waals surface area contributed by atoms with E-state index < -0.39 is 0 Å². The molecule has 0 amide bonds. The van der Waals surface area contributed by atoms with Gasteiger partial charge in [-0.1, -0.05) is 0 Å². The molecule has 1 atom stereocenters. The van der Waals surface area contributed by atoms with E-state index in [2.05, 4.69) is 11.4 Å². The number of halogens is 1. The van der Waals surface area contributed by atoms with Crippen molar-refractivity contribution in [1.29, 1.82) is 5.26 Å². The van der Waals surface area contributed by atoms with Gasteiger partial charge in [0.1, 0.15) is 6.10 Å². The van der Waals surface area contributed by atoms with Crippen LogP contribution in [0.4, 0.5) is 0 Å². The highest BCUT2D eigenvalue weighted by Crippen LogP contribution is 2.29. The van der Waals surface area contributed by atoms with Crippen LogP contribution in [0.3, 0.4) is 0 Å². The minimum Gasteiger partial charge on any atom is -0.493 e. The Bertz CT molecular complexity index is 425. The van der Waals surface area contributed by atoms with Crippen LogP contribution in [-0.2, 0) is 0 Å². The third-order valence-corrected chi connectivity index (χ3v) is 2.84. The maximum atomic E-state index is 8.81. The van der Waals surface area contributed by atoms with E-state index in [0.717, 1.165) is 25.9 Å². The van der Waals surface area contributed by atoms with Crippen molar-refractivity contribution >= 4 is 12.4 Å². The number of ether oxygens (including phenoxy) is 2. The molecule has 0 radical (unpaired) electrons. The van der Waals surface area contributed by atoms with E-state index in [-0.39, 0.29) is 18.5 Å². The molecular formula is C13H17ClN2O2. The largest absolute Gasteiger partial charge is 0.493 e. The predicted octanol–water partition coefficient (Wildman–Crippen LogP) is 2.12. The molecule has 1 heterocycles. The summed E-state index contributed by atoms with van der Waals surface area (Å²) in [4.78, 5) is 0. The van der Waals surface area contributed by atoms with E-state index in [1.807, 2.05) is 0 Å². The first-order chi connectivity index (χ1) is 8.33. The smallest absolute Gasteiger partial charge is 0.162 e. The van der Waals surface area contributed by atoms with Gasteiger partial charge >= 0.3 is 0 Å². The molecule has 1 aliphatic rings. The number of hydrogen-bond donors (Lipinski definition) is 1. The highest BCUT2D eigenvalue weighted by atomic mass is 35.5. The standard InChI is InChI=1S/C13H16N2O2.ClH/c1-16-13-7-10(8-14)4-5-12(13)17-11-3-2-6-15-9-11;/h4-5,7,11,15H,2-3,6,9H2,1H3;1H. The average Bonchev–Trinajstić information content (AvgIpc) is 2.40. The van der Waals surface area contributed by atoms with Crippen LogP contribution in [0.2, 0.25) is 0 Å². The minimum absolute atomic E-state index is 0. The first kappa shape index (κ1) is 14.6. The van der Waals surface area contributed by atoms with Crippen LogP contribution in [0.25, 0.3) is 0 Å². The van der Waals surface area contributed by atoms with Crippen LogP contribution in [0.15, 0.2) is 18.2 Å². The van der Waals surface area contributed by atoms with Gasteiger partial charge in [0, 0.05) is 12.6 Å². The molecule has 0 saturated carbocycles. The van der Waals surface area contributed by atoms with Gasteiger partial charge in [0.15, 0.2) is 11.5 Å². The van der Waals surface area contributed by atoms with Crippen LogP contribution in [0, 0.1) is 11.3 Å². The van der Waals surface area contributed by atoms with Crippen LogP contribution in [0.1, 0.15) is 18.4 Å².